The van der Waals surface area contributed by atoms with Crippen LogP contribution in [0.1, 0.15) is 30.1 Å². The van der Waals surface area contributed by atoms with E-state index in [0.29, 0.717) is 24.6 Å². The third-order valence-corrected chi connectivity index (χ3v) is 3.16. The van der Waals surface area contributed by atoms with Crippen LogP contribution in [0.3, 0.4) is 0 Å². The van der Waals surface area contributed by atoms with Gasteiger partial charge in [-0.1, -0.05) is 6.92 Å². The van der Waals surface area contributed by atoms with Crippen molar-refractivity contribution in [3.63, 3.8) is 0 Å². The molecule has 0 aromatic heterocycles. The van der Waals surface area contributed by atoms with Gasteiger partial charge in [-0.2, -0.15) is 0 Å². The van der Waals surface area contributed by atoms with Gasteiger partial charge in [-0.15, -0.1) is 0 Å². The third kappa shape index (κ3) is 4.24. The molecule has 1 fully saturated rings. The van der Waals surface area contributed by atoms with Crippen LogP contribution in [0.4, 0.5) is 0 Å². The van der Waals surface area contributed by atoms with E-state index in [1.54, 1.807) is 12.1 Å². The van der Waals surface area contributed by atoms with Gasteiger partial charge in [0, 0.05) is 24.6 Å². The van der Waals surface area contributed by atoms with Crippen LogP contribution < -0.4 is 10.1 Å². The van der Waals surface area contributed by atoms with Gasteiger partial charge in [0.2, 0.25) is 0 Å². The average Bonchev–Trinajstić information content (AvgIpc) is 2.96. The van der Waals surface area contributed by atoms with Crippen molar-refractivity contribution in [2.24, 2.45) is 5.92 Å². The number of rotatable bonds is 6. The Kier molecular flexibility index (Phi) is 5.21. The molecule has 1 amide bonds. The van der Waals surface area contributed by atoms with Crippen LogP contribution in [-0.2, 0) is 4.74 Å². The maximum Gasteiger partial charge on any atom is 0.251 e. The van der Waals surface area contributed by atoms with E-state index in [-0.39, 0.29) is 5.91 Å². The molecule has 19 heavy (non-hydrogen) atoms. The van der Waals surface area contributed by atoms with Gasteiger partial charge in [-0.05, 0) is 37.1 Å². The predicted molar refractivity (Wildman–Crippen MR) is 73.5 cm³/mol. The summed E-state index contributed by atoms with van der Waals surface area (Å²) in [7, 11) is 0. The highest BCUT2D eigenvalue weighted by atomic mass is 16.5. The van der Waals surface area contributed by atoms with E-state index in [1.807, 2.05) is 12.1 Å². The highest BCUT2D eigenvalue weighted by Gasteiger charge is 2.16. The molecule has 1 aromatic carbocycles. The van der Waals surface area contributed by atoms with Gasteiger partial charge < -0.3 is 14.8 Å². The molecule has 104 valence electrons. The number of nitrogens with one attached hydrogen (secondary N) is 1. The van der Waals surface area contributed by atoms with Crippen molar-refractivity contribution in [1.29, 1.82) is 0 Å². The van der Waals surface area contributed by atoms with E-state index in [9.17, 15) is 4.79 Å². The van der Waals surface area contributed by atoms with Gasteiger partial charge in [0.05, 0.1) is 13.2 Å². The zero-order valence-electron chi connectivity index (χ0n) is 11.4. The second-order valence-electron chi connectivity index (χ2n) is 4.81. The standard InChI is InChI=1S/C15H21NO3/c1-2-8-19-14-5-3-13(4-6-14)15(17)16-10-12-7-9-18-11-12/h3-6,12H,2,7-11H2,1H3,(H,16,17)/t12-/m0/s1. The highest BCUT2D eigenvalue weighted by molar-refractivity contribution is 5.94. The van der Waals surface area contributed by atoms with E-state index in [1.165, 1.54) is 0 Å². The molecule has 1 aliphatic heterocycles. The Morgan fingerprint density at radius 1 is 1.42 bits per heavy atom. The first-order valence-corrected chi connectivity index (χ1v) is 6.88. The summed E-state index contributed by atoms with van der Waals surface area (Å²) in [6.45, 7) is 5.02. The van der Waals surface area contributed by atoms with Gasteiger partial charge in [0.25, 0.3) is 5.91 Å². The normalized spacial score (nSPS) is 18.3. The van der Waals surface area contributed by atoms with Crippen molar-refractivity contribution in [3.05, 3.63) is 29.8 Å². The van der Waals surface area contributed by atoms with Crippen molar-refractivity contribution >= 4 is 5.91 Å². The van der Waals surface area contributed by atoms with Crippen molar-refractivity contribution in [2.45, 2.75) is 19.8 Å². The minimum absolute atomic E-state index is 0.0334. The monoisotopic (exact) mass is 263 g/mol. The van der Waals surface area contributed by atoms with E-state index < -0.39 is 0 Å². The van der Waals surface area contributed by atoms with Gasteiger partial charge >= 0.3 is 0 Å². The lowest BCUT2D eigenvalue weighted by Gasteiger charge is -2.10. The van der Waals surface area contributed by atoms with Crippen molar-refractivity contribution in [3.8, 4) is 5.75 Å². The molecule has 1 aromatic rings. The maximum atomic E-state index is 11.9. The van der Waals surface area contributed by atoms with Crippen LogP contribution in [0.15, 0.2) is 24.3 Å². The fourth-order valence-electron chi connectivity index (χ4n) is 2.01. The SMILES string of the molecule is CCCOc1ccc(C(=O)NC[C@@H]2CCOC2)cc1. The van der Waals surface area contributed by atoms with Gasteiger partial charge in [-0.3, -0.25) is 4.79 Å². The van der Waals surface area contributed by atoms with Gasteiger partial charge in [-0.25, -0.2) is 0 Å². The number of benzene rings is 1. The molecule has 0 unspecified atom stereocenters. The molecular weight excluding hydrogens is 242 g/mol. The third-order valence-electron chi connectivity index (χ3n) is 3.16. The molecule has 1 saturated heterocycles. The molecule has 2 rings (SSSR count). The van der Waals surface area contributed by atoms with E-state index in [4.69, 9.17) is 9.47 Å². The van der Waals surface area contributed by atoms with Gasteiger partial charge in [0.1, 0.15) is 5.75 Å². The number of carbonyl (C=O) groups excluding carboxylic acids is 1. The summed E-state index contributed by atoms with van der Waals surface area (Å²) in [5, 5.41) is 2.94. The predicted octanol–water partition coefficient (Wildman–Crippen LogP) is 2.24. The molecule has 0 aliphatic carbocycles. The number of ether oxygens (including phenoxy) is 2. The van der Waals surface area contributed by atoms with E-state index in [2.05, 4.69) is 12.2 Å². The van der Waals surface area contributed by atoms with E-state index in [0.717, 1.165) is 31.8 Å². The first-order valence-electron chi connectivity index (χ1n) is 6.88. The molecule has 1 N–H and O–H groups in total. The number of carbonyl (C=O) groups is 1. The number of amides is 1. The summed E-state index contributed by atoms with van der Waals surface area (Å²) < 4.78 is 10.8. The van der Waals surface area contributed by atoms with Crippen LogP contribution in [0.2, 0.25) is 0 Å². The summed E-state index contributed by atoms with van der Waals surface area (Å²) >= 11 is 0. The topological polar surface area (TPSA) is 47.6 Å². The fraction of sp³-hybridized carbons (Fsp3) is 0.533. The molecular formula is C15H21NO3. The molecule has 0 saturated carbocycles. The minimum Gasteiger partial charge on any atom is -0.494 e. The van der Waals surface area contributed by atoms with E-state index >= 15 is 0 Å². The Morgan fingerprint density at radius 2 is 2.21 bits per heavy atom. The molecule has 1 aliphatic rings. The summed E-state index contributed by atoms with van der Waals surface area (Å²) in [6.07, 6.45) is 2.01. The van der Waals surface area contributed by atoms with Crippen molar-refractivity contribution in [1.82, 2.24) is 5.32 Å². The Labute approximate surface area is 114 Å². The Morgan fingerprint density at radius 3 is 2.84 bits per heavy atom. The molecule has 4 heteroatoms. The Bertz CT molecular complexity index is 396. The Hall–Kier alpha value is -1.55. The Balaban J connectivity index is 1.81. The first-order chi connectivity index (χ1) is 9.29. The quantitative estimate of drug-likeness (QED) is 0.856. The average molecular weight is 263 g/mol. The van der Waals surface area contributed by atoms with Crippen molar-refractivity contribution in [2.75, 3.05) is 26.4 Å². The van der Waals surface area contributed by atoms with Crippen LogP contribution >= 0.6 is 0 Å². The summed E-state index contributed by atoms with van der Waals surface area (Å²) in [6, 6.07) is 7.27. The van der Waals surface area contributed by atoms with Crippen LogP contribution in [0.5, 0.6) is 5.75 Å². The molecule has 0 radical (unpaired) electrons. The lowest BCUT2D eigenvalue weighted by molar-refractivity contribution is 0.0945. The minimum atomic E-state index is -0.0334. The number of hydrogen-bond donors (Lipinski definition) is 1. The van der Waals surface area contributed by atoms with Crippen LogP contribution in [0, 0.1) is 5.92 Å². The summed E-state index contributed by atoms with van der Waals surface area (Å²) in [5.41, 5.74) is 0.669. The zero-order valence-corrected chi connectivity index (χ0v) is 11.4. The second kappa shape index (κ2) is 7.14. The zero-order chi connectivity index (χ0) is 13.5. The summed E-state index contributed by atoms with van der Waals surface area (Å²) in [5.74, 6) is 1.23. The first kappa shape index (κ1) is 13.9. The van der Waals surface area contributed by atoms with Crippen LogP contribution in [0.25, 0.3) is 0 Å². The second-order valence-corrected chi connectivity index (χ2v) is 4.81. The number of hydrogen-bond acceptors (Lipinski definition) is 3. The molecule has 1 atom stereocenters. The van der Waals surface area contributed by atoms with Crippen LogP contribution in [-0.4, -0.2) is 32.3 Å². The molecule has 0 spiro atoms. The van der Waals surface area contributed by atoms with Crippen molar-refractivity contribution < 1.29 is 14.3 Å². The molecule has 4 nitrogen and oxygen atoms in total. The largest absolute Gasteiger partial charge is 0.494 e. The maximum absolute atomic E-state index is 11.9. The highest BCUT2D eigenvalue weighted by Crippen LogP contribution is 2.13. The lowest BCUT2D eigenvalue weighted by atomic mass is 10.1. The lowest BCUT2D eigenvalue weighted by Crippen LogP contribution is -2.29. The molecule has 0 bridgehead atoms. The summed E-state index contributed by atoms with van der Waals surface area (Å²) in [4.78, 5) is 11.9. The van der Waals surface area contributed by atoms with Gasteiger partial charge in [0.15, 0.2) is 0 Å². The smallest absolute Gasteiger partial charge is 0.251 e. The molecule has 1 heterocycles. The fourth-order valence-corrected chi connectivity index (χ4v) is 2.01.